The molecule has 0 bridgehead atoms. The first-order valence-electron chi connectivity index (χ1n) is 15.5. The molecule has 0 radical (unpaired) electrons. The van der Waals surface area contributed by atoms with Crippen molar-refractivity contribution in [3.05, 3.63) is 134 Å². The molecule has 2 aromatic carbocycles. The second-order valence-electron chi connectivity index (χ2n) is 12.3. The standard InChI is InChI=1S/C18H19N3O4.C18H19N3O3.H2O/c1-5-21-14(13(18(3,4)25)16(23)20-17(21)24)15(22)12-7-10(2)6-11(8-12)9-19;1-5-21-15(14(10(2)3)17(23)20-18(21)24)16(22)13-7-11(4)6-12(8-13)9-19;/h6-8,25H,5H2,1-4H3,(H,20,23,24);6-8,10H,5H2,1-4H3,(H,20,23,24);1H2. The highest BCUT2D eigenvalue weighted by atomic mass is 16.3. The van der Waals surface area contributed by atoms with Gasteiger partial charge in [-0.2, -0.15) is 10.5 Å². The fourth-order valence-corrected chi connectivity index (χ4v) is 5.58. The number of nitriles is 2. The Bertz CT molecular complexity index is 2290. The number of hydrogen-bond acceptors (Lipinski definition) is 9. The summed E-state index contributed by atoms with van der Waals surface area (Å²) in [6.07, 6.45) is 0. The lowest BCUT2D eigenvalue weighted by Gasteiger charge is -2.22. The van der Waals surface area contributed by atoms with Crippen molar-refractivity contribution in [3.8, 4) is 12.1 Å². The maximum Gasteiger partial charge on any atom is 0.328 e. The molecule has 14 heteroatoms. The third-order valence-corrected chi connectivity index (χ3v) is 7.62. The fraction of sp³-hybridized carbons (Fsp3) is 0.333. The molecule has 0 saturated heterocycles. The zero-order chi connectivity index (χ0) is 37.0. The minimum atomic E-state index is -1.63. The van der Waals surface area contributed by atoms with Gasteiger partial charge in [-0.3, -0.25) is 38.3 Å². The topological polar surface area (TPSA) is 243 Å². The van der Waals surface area contributed by atoms with Gasteiger partial charge >= 0.3 is 11.4 Å². The van der Waals surface area contributed by atoms with Gasteiger partial charge in [-0.15, -0.1) is 0 Å². The number of benzene rings is 2. The number of carbonyl (C=O) groups is 2. The van der Waals surface area contributed by atoms with Crippen molar-refractivity contribution in [1.82, 2.24) is 19.1 Å². The van der Waals surface area contributed by atoms with Crippen LogP contribution in [0.5, 0.6) is 0 Å². The number of aryl methyl sites for hydroxylation is 2. The van der Waals surface area contributed by atoms with E-state index in [0.29, 0.717) is 22.3 Å². The van der Waals surface area contributed by atoms with Crippen LogP contribution >= 0.6 is 0 Å². The Morgan fingerprint density at radius 3 is 1.54 bits per heavy atom. The molecule has 262 valence electrons. The van der Waals surface area contributed by atoms with E-state index in [2.05, 4.69) is 9.97 Å². The first-order chi connectivity index (χ1) is 22.9. The molecule has 0 spiro atoms. The summed E-state index contributed by atoms with van der Waals surface area (Å²) in [7, 11) is 0. The maximum absolute atomic E-state index is 13.1. The predicted octanol–water partition coefficient (Wildman–Crippen LogP) is 2.46. The van der Waals surface area contributed by atoms with Crippen molar-refractivity contribution < 1.29 is 20.2 Å². The number of ketones is 2. The van der Waals surface area contributed by atoms with Crippen LogP contribution in [0.4, 0.5) is 0 Å². The molecule has 0 fully saturated rings. The van der Waals surface area contributed by atoms with E-state index in [9.17, 15) is 33.9 Å². The van der Waals surface area contributed by atoms with Crippen molar-refractivity contribution in [1.29, 1.82) is 10.5 Å². The van der Waals surface area contributed by atoms with Gasteiger partial charge < -0.3 is 10.6 Å². The SMILES string of the molecule is CCn1c(C(=O)c2cc(C)cc(C#N)c2)c(C(C)(C)O)c(=O)[nH]c1=O.CCn1c(C(=O)c2cc(C)cc(C#N)c2)c(C(C)C)c(=O)[nH]c1=O.O. The molecule has 5 N–H and O–H groups in total. The van der Waals surface area contributed by atoms with Gasteiger partial charge in [0, 0.05) is 29.8 Å². The van der Waals surface area contributed by atoms with E-state index >= 15 is 0 Å². The summed E-state index contributed by atoms with van der Waals surface area (Å²) in [4.78, 5) is 79.2. The highest BCUT2D eigenvalue weighted by Crippen LogP contribution is 2.23. The van der Waals surface area contributed by atoms with Gasteiger partial charge in [-0.05, 0) is 95.0 Å². The van der Waals surface area contributed by atoms with E-state index < -0.39 is 39.7 Å². The third kappa shape index (κ3) is 8.36. The second-order valence-corrected chi connectivity index (χ2v) is 12.3. The highest BCUT2D eigenvalue weighted by molar-refractivity contribution is 6.09. The average Bonchev–Trinajstić information content (AvgIpc) is 3.02. The number of carbonyl (C=O) groups excluding carboxylic acids is 2. The van der Waals surface area contributed by atoms with Gasteiger partial charge in [0.2, 0.25) is 11.6 Å². The summed E-state index contributed by atoms with van der Waals surface area (Å²) < 4.78 is 2.39. The van der Waals surface area contributed by atoms with E-state index in [-0.39, 0.29) is 52.6 Å². The zero-order valence-corrected chi connectivity index (χ0v) is 29.1. The highest BCUT2D eigenvalue weighted by Gasteiger charge is 2.31. The number of nitrogens with one attached hydrogen (secondary N) is 2. The monoisotopic (exact) mass is 684 g/mol. The van der Waals surface area contributed by atoms with Crippen molar-refractivity contribution in [3.63, 3.8) is 0 Å². The quantitative estimate of drug-likeness (QED) is 0.230. The number of nitrogens with zero attached hydrogens (tertiary/aromatic N) is 4. The van der Waals surface area contributed by atoms with Gasteiger partial charge in [0.25, 0.3) is 11.1 Å². The lowest BCUT2D eigenvalue weighted by molar-refractivity contribution is 0.0728. The minimum absolute atomic E-state index is 0. The number of hydrogen-bond donors (Lipinski definition) is 3. The first-order valence-corrected chi connectivity index (χ1v) is 15.5. The zero-order valence-electron chi connectivity index (χ0n) is 29.1. The van der Waals surface area contributed by atoms with Crippen LogP contribution in [0.25, 0.3) is 0 Å². The molecule has 0 amide bonds. The van der Waals surface area contributed by atoms with Crippen molar-refractivity contribution in [2.24, 2.45) is 0 Å². The third-order valence-electron chi connectivity index (χ3n) is 7.62. The summed E-state index contributed by atoms with van der Waals surface area (Å²) >= 11 is 0. The molecule has 50 heavy (non-hydrogen) atoms. The Kier molecular flexibility index (Phi) is 12.8. The minimum Gasteiger partial charge on any atom is -0.412 e. The predicted molar refractivity (Wildman–Crippen MR) is 186 cm³/mol. The van der Waals surface area contributed by atoms with Crippen LogP contribution in [0.2, 0.25) is 0 Å². The van der Waals surface area contributed by atoms with E-state index in [1.807, 2.05) is 12.1 Å². The molecule has 0 atom stereocenters. The number of H-pyrrole nitrogens is 2. The van der Waals surface area contributed by atoms with Crippen molar-refractivity contribution in [2.75, 3.05) is 0 Å². The molecule has 0 aliphatic carbocycles. The number of aromatic amines is 2. The van der Waals surface area contributed by atoms with Crippen molar-refractivity contribution in [2.45, 2.75) is 80.0 Å². The molecular formula is C36H40N6O8. The second kappa shape index (κ2) is 16.0. The van der Waals surface area contributed by atoms with Crippen LogP contribution in [0.1, 0.15) is 113 Å². The average molecular weight is 685 g/mol. The Morgan fingerprint density at radius 1 is 0.760 bits per heavy atom. The van der Waals surface area contributed by atoms with Gasteiger partial charge in [-0.1, -0.05) is 13.8 Å². The smallest absolute Gasteiger partial charge is 0.328 e. The lowest BCUT2D eigenvalue weighted by Crippen LogP contribution is -2.41. The molecule has 0 aliphatic rings. The normalized spacial score (nSPS) is 10.7. The fourth-order valence-electron chi connectivity index (χ4n) is 5.58. The van der Waals surface area contributed by atoms with Crippen LogP contribution < -0.4 is 22.5 Å². The molecule has 2 aromatic heterocycles. The number of aliphatic hydroxyl groups is 1. The Labute approximate surface area is 287 Å². The van der Waals surface area contributed by atoms with Crippen LogP contribution in [0.15, 0.2) is 55.6 Å². The Morgan fingerprint density at radius 2 is 1.16 bits per heavy atom. The Balaban J connectivity index is 0.000000340. The van der Waals surface area contributed by atoms with E-state index in [1.54, 1.807) is 65.8 Å². The van der Waals surface area contributed by atoms with Gasteiger partial charge in [-0.25, -0.2) is 9.59 Å². The molecule has 14 nitrogen and oxygen atoms in total. The maximum atomic E-state index is 13.1. The van der Waals surface area contributed by atoms with Gasteiger partial charge in [0.15, 0.2) is 0 Å². The van der Waals surface area contributed by atoms with Crippen LogP contribution in [-0.2, 0) is 18.7 Å². The van der Waals surface area contributed by atoms with Crippen molar-refractivity contribution >= 4 is 11.6 Å². The molecule has 2 heterocycles. The molecule has 4 aromatic rings. The molecule has 0 unspecified atom stereocenters. The molecule has 4 rings (SSSR count). The lowest BCUT2D eigenvalue weighted by atomic mass is 9.92. The van der Waals surface area contributed by atoms with Gasteiger partial charge in [0.1, 0.15) is 11.4 Å². The van der Waals surface area contributed by atoms with Gasteiger partial charge in [0.05, 0.1) is 34.4 Å². The summed E-state index contributed by atoms with van der Waals surface area (Å²) in [5.41, 5.74) is -1.71. The number of rotatable bonds is 8. The summed E-state index contributed by atoms with van der Waals surface area (Å²) in [6, 6.07) is 13.4. The molecular weight excluding hydrogens is 644 g/mol. The van der Waals surface area contributed by atoms with E-state index in [0.717, 1.165) is 10.1 Å². The van der Waals surface area contributed by atoms with E-state index in [4.69, 9.17) is 10.5 Å². The molecule has 0 aliphatic heterocycles. The molecule has 0 saturated carbocycles. The van der Waals surface area contributed by atoms with Crippen LogP contribution in [-0.4, -0.2) is 41.3 Å². The summed E-state index contributed by atoms with van der Waals surface area (Å²) in [5, 5.41) is 28.6. The first kappa shape index (κ1) is 40.2. The summed E-state index contributed by atoms with van der Waals surface area (Å²) in [5.74, 6) is -1.25. The van der Waals surface area contributed by atoms with E-state index in [1.165, 1.54) is 30.5 Å². The number of aromatic nitrogens is 4. The largest absolute Gasteiger partial charge is 0.412 e. The summed E-state index contributed by atoms with van der Waals surface area (Å²) in [6.45, 7) is 13.6. The Hall–Kier alpha value is -5.96. The van der Waals surface area contributed by atoms with Crippen LogP contribution in [0.3, 0.4) is 0 Å². The van der Waals surface area contributed by atoms with Crippen LogP contribution in [0, 0.1) is 36.5 Å².